The lowest BCUT2D eigenvalue weighted by atomic mass is 9.49. The van der Waals surface area contributed by atoms with Gasteiger partial charge in [-0.15, -0.1) is 0 Å². The van der Waals surface area contributed by atoms with Crippen LogP contribution in [0.25, 0.3) is 0 Å². The zero-order valence-corrected chi connectivity index (χ0v) is 12.2. The highest BCUT2D eigenvalue weighted by Gasteiger charge is 2.55. The molecule has 0 aromatic heterocycles. The highest BCUT2D eigenvalue weighted by molar-refractivity contribution is 5.84. The molecule has 4 saturated carbocycles. The lowest BCUT2D eigenvalue weighted by Gasteiger charge is -2.55. The maximum absolute atomic E-state index is 12.9. The fraction of sp³-hybridized carbons (Fsp3) is 0.875. The summed E-state index contributed by atoms with van der Waals surface area (Å²) in [7, 11) is 0. The van der Waals surface area contributed by atoms with Crippen molar-refractivity contribution >= 4 is 11.9 Å². The monoisotopic (exact) mass is 293 g/mol. The van der Waals surface area contributed by atoms with Gasteiger partial charge in [-0.3, -0.25) is 9.59 Å². The molecule has 2 N–H and O–H groups in total. The van der Waals surface area contributed by atoms with Crippen molar-refractivity contribution in [2.45, 2.75) is 44.6 Å². The van der Waals surface area contributed by atoms with E-state index in [-0.39, 0.29) is 24.0 Å². The van der Waals surface area contributed by atoms with E-state index in [9.17, 15) is 14.7 Å². The van der Waals surface area contributed by atoms with Gasteiger partial charge in [0.25, 0.3) is 0 Å². The molecule has 1 saturated heterocycles. The molecule has 5 fully saturated rings. The smallest absolute Gasteiger partial charge is 0.311 e. The van der Waals surface area contributed by atoms with Crippen LogP contribution in [0.4, 0.5) is 0 Å². The molecule has 4 bridgehead atoms. The second-order valence-corrected chi connectivity index (χ2v) is 7.76. The lowest BCUT2D eigenvalue weighted by molar-refractivity contribution is -0.148. The van der Waals surface area contributed by atoms with Crippen LogP contribution in [0.1, 0.15) is 38.5 Å². The number of carbonyl (C=O) groups excluding carboxylic acids is 1. The molecule has 2 atom stereocenters. The van der Waals surface area contributed by atoms with Gasteiger partial charge in [-0.25, -0.2) is 0 Å². The Labute approximate surface area is 124 Å². The lowest BCUT2D eigenvalue weighted by Crippen LogP contribution is -2.56. The summed E-state index contributed by atoms with van der Waals surface area (Å²) in [5.41, 5.74) is -0.208. The second-order valence-electron chi connectivity index (χ2n) is 7.76. The van der Waals surface area contributed by atoms with Crippen molar-refractivity contribution in [3.05, 3.63) is 0 Å². The van der Waals surface area contributed by atoms with E-state index in [1.807, 2.05) is 0 Å². The topological polar surface area (TPSA) is 75.6 Å². The molecule has 0 spiro atoms. The van der Waals surface area contributed by atoms with Crippen LogP contribution in [0.3, 0.4) is 0 Å². The normalized spacial score (nSPS) is 47.5. The van der Waals surface area contributed by atoms with Gasteiger partial charge in [-0.2, -0.15) is 0 Å². The van der Waals surface area contributed by atoms with Crippen LogP contribution in [0.5, 0.6) is 0 Å². The van der Waals surface area contributed by atoms with Crippen LogP contribution in [0, 0.1) is 29.1 Å². The third-order valence-corrected chi connectivity index (χ3v) is 6.23. The molecule has 116 valence electrons. The van der Waals surface area contributed by atoms with Crippen LogP contribution in [0.2, 0.25) is 0 Å². The van der Waals surface area contributed by atoms with E-state index in [0.717, 1.165) is 37.0 Å². The Bertz CT molecular complexity index is 440. The Hall–Kier alpha value is -1.10. The molecule has 5 rings (SSSR count). The largest absolute Gasteiger partial charge is 0.481 e. The summed E-state index contributed by atoms with van der Waals surface area (Å²) in [4.78, 5) is 24.1. The van der Waals surface area contributed by atoms with Gasteiger partial charge in [0.2, 0.25) is 5.91 Å². The predicted molar refractivity (Wildman–Crippen MR) is 74.5 cm³/mol. The maximum Gasteiger partial charge on any atom is 0.311 e. The van der Waals surface area contributed by atoms with Gasteiger partial charge in [0.1, 0.15) is 5.92 Å². The first kappa shape index (κ1) is 13.6. The molecular weight excluding hydrogens is 270 g/mol. The van der Waals surface area contributed by atoms with E-state index in [2.05, 4.69) is 5.32 Å². The number of carbonyl (C=O) groups is 2. The first-order valence-electron chi connectivity index (χ1n) is 8.17. The minimum Gasteiger partial charge on any atom is -0.481 e. The first-order chi connectivity index (χ1) is 10.1. The average Bonchev–Trinajstić information content (AvgIpc) is 2.85. The Morgan fingerprint density at radius 1 is 1.00 bits per heavy atom. The molecule has 1 aliphatic heterocycles. The van der Waals surface area contributed by atoms with Crippen LogP contribution in [0.15, 0.2) is 0 Å². The number of hydrogen-bond acceptors (Lipinski definition) is 3. The molecule has 0 aromatic carbocycles. The van der Waals surface area contributed by atoms with Crippen molar-refractivity contribution in [3.63, 3.8) is 0 Å². The molecule has 0 aromatic rings. The Kier molecular flexibility index (Phi) is 3.03. The minimum atomic E-state index is -0.872. The standard InChI is InChI=1S/C16H23NO4/c18-14(19)12-7-21-8-13(12)17-15(20)16-4-9-1-10(5-16)3-11(2-9)6-16/h9-13H,1-8H2,(H,17,20)(H,18,19). The zero-order valence-electron chi connectivity index (χ0n) is 12.2. The highest BCUT2D eigenvalue weighted by Crippen LogP contribution is 2.60. The quantitative estimate of drug-likeness (QED) is 0.825. The van der Waals surface area contributed by atoms with Crippen molar-refractivity contribution < 1.29 is 19.4 Å². The van der Waals surface area contributed by atoms with Crippen molar-refractivity contribution in [1.82, 2.24) is 5.32 Å². The van der Waals surface area contributed by atoms with Gasteiger partial charge in [0.15, 0.2) is 0 Å². The van der Waals surface area contributed by atoms with E-state index < -0.39 is 11.9 Å². The van der Waals surface area contributed by atoms with Crippen molar-refractivity contribution in [2.75, 3.05) is 13.2 Å². The highest BCUT2D eigenvalue weighted by atomic mass is 16.5. The molecule has 5 nitrogen and oxygen atoms in total. The van der Waals surface area contributed by atoms with Crippen molar-refractivity contribution in [1.29, 1.82) is 0 Å². The zero-order chi connectivity index (χ0) is 14.6. The minimum absolute atomic E-state index is 0.100. The van der Waals surface area contributed by atoms with Crippen molar-refractivity contribution in [3.8, 4) is 0 Å². The Balaban J connectivity index is 1.49. The van der Waals surface area contributed by atoms with Gasteiger partial charge < -0.3 is 15.2 Å². The van der Waals surface area contributed by atoms with Crippen LogP contribution >= 0.6 is 0 Å². The predicted octanol–water partition coefficient (Wildman–Crippen LogP) is 1.42. The summed E-state index contributed by atoms with van der Waals surface area (Å²) in [6.45, 7) is 0.538. The van der Waals surface area contributed by atoms with Gasteiger partial charge >= 0.3 is 5.97 Å². The summed E-state index contributed by atoms with van der Waals surface area (Å²) in [6.07, 6.45) is 6.94. The van der Waals surface area contributed by atoms with Crippen LogP contribution < -0.4 is 5.32 Å². The number of ether oxygens (including phenoxy) is 1. The van der Waals surface area contributed by atoms with Gasteiger partial charge in [-0.1, -0.05) is 0 Å². The summed E-state index contributed by atoms with van der Waals surface area (Å²) in [5.74, 6) is 0.792. The molecule has 1 heterocycles. The van der Waals surface area contributed by atoms with Crippen LogP contribution in [-0.4, -0.2) is 36.2 Å². The van der Waals surface area contributed by atoms with Crippen molar-refractivity contribution in [2.24, 2.45) is 29.1 Å². The molecule has 2 unspecified atom stereocenters. The van der Waals surface area contributed by atoms with E-state index in [0.29, 0.717) is 6.61 Å². The summed E-state index contributed by atoms with van der Waals surface area (Å²) < 4.78 is 5.26. The van der Waals surface area contributed by atoms with E-state index in [4.69, 9.17) is 4.74 Å². The molecule has 0 radical (unpaired) electrons. The summed E-state index contributed by atoms with van der Waals surface area (Å²) >= 11 is 0. The molecule has 21 heavy (non-hydrogen) atoms. The SMILES string of the molecule is O=C(O)C1COCC1NC(=O)C12CC3CC(CC(C3)C1)C2. The van der Waals surface area contributed by atoms with E-state index >= 15 is 0 Å². The van der Waals surface area contributed by atoms with Gasteiger partial charge in [0.05, 0.1) is 19.3 Å². The molecule has 1 amide bonds. The number of hydrogen-bond donors (Lipinski definition) is 2. The molecule has 5 heteroatoms. The fourth-order valence-electron chi connectivity index (χ4n) is 5.65. The number of carboxylic acid groups (broad SMARTS) is 1. The fourth-order valence-corrected chi connectivity index (χ4v) is 5.65. The Morgan fingerprint density at radius 3 is 2.10 bits per heavy atom. The molecule has 4 aliphatic carbocycles. The second kappa shape index (κ2) is 4.70. The van der Waals surface area contributed by atoms with Gasteiger partial charge in [0, 0.05) is 5.41 Å². The summed E-state index contributed by atoms with van der Waals surface area (Å²) in [6, 6.07) is -0.358. The number of aliphatic carboxylic acids is 1. The van der Waals surface area contributed by atoms with Gasteiger partial charge in [-0.05, 0) is 56.3 Å². The Morgan fingerprint density at radius 2 is 1.57 bits per heavy atom. The summed E-state index contributed by atoms with van der Waals surface area (Å²) in [5, 5.41) is 12.2. The number of carboxylic acids is 1. The third kappa shape index (κ3) is 2.17. The first-order valence-corrected chi connectivity index (χ1v) is 8.17. The molecule has 5 aliphatic rings. The number of nitrogens with one attached hydrogen (secondary N) is 1. The number of amides is 1. The maximum atomic E-state index is 12.9. The third-order valence-electron chi connectivity index (χ3n) is 6.23. The number of rotatable bonds is 3. The van der Waals surface area contributed by atoms with Crippen LogP contribution in [-0.2, 0) is 14.3 Å². The molecular formula is C16H23NO4. The average molecular weight is 293 g/mol. The van der Waals surface area contributed by atoms with E-state index in [1.165, 1.54) is 19.3 Å². The van der Waals surface area contributed by atoms with E-state index in [1.54, 1.807) is 0 Å².